The van der Waals surface area contributed by atoms with Crippen LogP contribution in [-0.2, 0) is 19.1 Å². The summed E-state index contributed by atoms with van der Waals surface area (Å²) >= 11 is 0. The van der Waals surface area contributed by atoms with E-state index in [9.17, 15) is 19.5 Å². The fourth-order valence-electron chi connectivity index (χ4n) is 7.01. The van der Waals surface area contributed by atoms with Crippen LogP contribution in [-0.4, -0.2) is 58.8 Å². The Morgan fingerprint density at radius 3 is 2.48 bits per heavy atom. The smallest absolute Gasteiger partial charge is 0.303 e. The topological polar surface area (TPSA) is 113 Å². The van der Waals surface area contributed by atoms with E-state index in [1.54, 1.807) is 12.1 Å². The highest BCUT2D eigenvalue weighted by Crippen LogP contribution is 2.50. The van der Waals surface area contributed by atoms with Crippen LogP contribution in [0.5, 0.6) is 11.5 Å². The van der Waals surface area contributed by atoms with Crippen molar-refractivity contribution in [2.75, 3.05) is 19.8 Å². The van der Waals surface area contributed by atoms with E-state index < -0.39 is 17.8 Å². The van der Waals surface area contributed by atoms with Gasteiger partial charge in [-0.15, -0.1) is 0 Å². The van der Waals surface area contributed by atoms with E-state index in [-0.39, 0.29) is 36.0 Å². The highest BCUT2D eigenvalue weighted by atomic mass is 16.5. The Labute approximate surface area is 259 Å². The minimum absolute atomic E-state index is 0.0934. The van der Waals surface area contributed by atoms with Crippen LogP contribution in [0.25, 0.3) is 6.08 Å². The molecule has 0 radical (unpaired) electrons. The van der Waals surface area contributed by atoms with Crippen LogP contribution in [0.3, 0.4) is 0 Å². The first kappa shape index (κ1) is 31.5. The minimum atomic E-state index is -0.832. The maximum absolute atomic E-state index is 13.7. The Hall–Kier alpha value is -3.91. The molecule has 3 aliphatic rings. The number of imide groups is 1. The third-order valence-corrected chi connectivity index (χ3v) is 9.09. The normalized spacial score (nSPS) is 23.2. The monoisotopic (exact) mass is 601 g/mol. The van der Waals surface area contributed by atoms with Gasteiger partial charge >= 0.3 is 5.97 Å². The maximum Gasteiger partial charge on any atom is 0.303 e. The number of likely N-dealkylation sites (tertiary alicyclic amines) is 1. The van der Waals surface area contributed by atoms with Gasteiger partial charge in [0.15, 0.2) is 0 Å². The number of hydrogen-bond donors (Lipinski definition) is 2. The van der Waals surface area contributed by atoms with Gasteiger partial charge in [-0.1, -0.05) is 61.7 Å². The number of aromatic hydroxyl groups is 1. The van der Waals surface area contributed by atoms with E-state index in [1.807, 2.05) is 42.5 Å². The number of carboxylic acid groups (broad SMARTS) is 1. The Morgan fingerprint density at radius 1 is 0.977 bits per heavy atom. The van der Waals surface area contributed by atoms with Gasteiger partial charge in [-0.3, -0.25) is 19.3 Å². The summed E-state index contributed by atoms with van der Waals surface area (Å²) in [6, 6.07) is 16.8. The van der Waals surface area contributed by atoms with Gasteiger partial charge in [-0.2, -0.15) is 0 Å². The van der Waals surface area contributed by atoms with Gasteiger partial charge in [0.05, 0.1) is 24.5 Å². The van der Waals surface area contributed by atoms with Crippen molar-refractivity contribution in [2.45, 2.75) is 70.8 Å². The third kappa shape index (κ3) is 7.41. The number of rotatable bonds is 15. The predicted octanol–water partition coefficient (Wildman–Crippen LogP) is 6.40. The van der Waals surface area contributed by atoms with Gasteiger partial charge in [0.25, 0.3) is 0 Å². The zero-order valence-corrected chi connectivity index (χ0v) is 25.5. The molecule has 2 aliphatic heterocycles. The number of carbonyl (C=O) groups is 3. The Balaban J connectivity index is 1.34. The van der Waals surface area contributed by atoms with Crippen LogP contribution in [0, 0.1) is 17.8 Å². The van der Waals surface area contributed by atoms with Crippen LogP contribution in [0.2, 0.25) is 0 Å². The quantitative estimate of drug-likeness (QED) is 0.138. The first-order chi connectivity index (χ1) is 21.4. The number of aliphatic carboxylic acids is 1. The number of para-hydroxylation sites is 1. The number of amides is 2. The lowest BCUT2D eigenvalue weighted by atomic mass is 9.69. The molecule has 0 unspecified atom stereocenters. The molecule has 5 rings (SSSR count). The lowest BCUT2D eigenvalue weighted by Crippen LogP contribution is -2.35. The van der Waals surface area contributed by atoms with E-state index in [0.717, 1.165) is 48.1 Å². The molecular formula is C36H43NO7. The fraction of sp³-hybridized carbons (Fsp3) is 0.472. The van der Waals surface area contributed by atoms with Gasteiger partial charge in [0.2, 0.25) is 11.8 Å². The summed E-state index contributed by atoms with van der Waals surface area (Å²) in [5.74, 6) is -1.07. The van der Waals surface area contributed by atoms with Crippen molar-refractivity contribution in [3.8, 4) is 11.5 Å². The summed E-state index contributed by atoms with van der Waals surface area (Å²) in [4.78, 5) is 39.6. The highest BCUT2D eigenvalue weighted by Gasteiger charge is 2.56. The fourth-order valence-corrected chi connectivity index (χ4v) is 7.01. The Kier molecular flexibility index (Phi) is 10.5. The van der Waals surface area contributed by atoms with Crippen LogP contribution in [0.4, 0.5) is 0 Å². The van der Waals surface area contributed by atoms with E-state index in [2.05, 4.69) is 13.0 Å². The van der Waals surface area contributed by atoms with Gasteiger partial charge in [-0.05, 0) is 79.5 Å². The third-order valence-electron chi connectivity index (χ3n) is 9.09. The summed E-state index contributed by atoms with van der Waals surface area (Å²) in [5, 5.41) is 18.6. The SMILES string of the molecule is CCC/C(=C\c1ccc(O)cc1)CC[C@H]1OC[C@H]2C1=C(COc1ccccc1)C[C@H]1C(=O)N(CCCCCC(=O)O)C(=O)[C@H]12. The molecule has 2 fully saturated rings. The molecule has 0 saturated carbocycles. The summed E-state index contributed by atoms with van der Waals surface area (Å²) in [5.41, 5.74) is 4.55. The molecule has 1 aliphatic carbocycles. The van der Waals surface area contributed by atoms with E-state index >= 15 is 0 Å². The van der Waals surface area contributed by atoms with E-state index in [1.165, 1.54) is 10.5 Å². The second-order valence-electron chi connectivity index (χ2n) is 12.1. The number of fused-ring (bicyclic) bond motifs is 3. The average Bonchev–Trinajstić information content (AvgIpc) is 3.54. The van der Waals surface area contributed by atoms with Crippen molar-refractivity contribution in [1.29, 1.82) is 0 Å². The lowest BCUT2D eigenvalue weighted by Gasteiger charge is -2.32. The largest absolute Gasteiger partial charge is 0.508 e. The number of nitrogens with zero attached hydrogens (tertiary/aromatic N) is 1. The predicted molar refractivity (Wildman–Crippen MR) is 167 cm³/mol. The maximum atomic E-state index is 13.7. The molecular weight excluding hydrogens is 558 g/mol. The number of carbonyl (C=O) groups excluding carboxylic acids is 2. The van der Waals surface area contributed by atoms with Gasteiger partial charge in [-0.25, -0.2) is 0 Å². The molecule has 0 spiro atoms. The summed E-state index contributed by atoms with van der Waals surface area (Å²) < 4.78 is 12.6. The Bertz CT molecular complexity index is 1380. The number of carboxylic acids is 1. The van der Waals surface area contributed by atoms with Crippen molar-refractivity contribution in [3.05, 3.63) is 76.9 Å². The first-order valence-corrected chi connectivity index (χ1v) is 15.9. The van der Waals surface area contributed by atoms with Gasteiger partial charge in [0, 0.05) is 18.9 Å². The number of ether oxygens (including phenoxy) is 2. The van der Waals surface area contributed by atoms with Crippen molar-refractivity contribution >= 4 is 23.9 Å². The standard InChI is InChI=1S/C36H43NO7/c1-2-9-24(20-25-13-16-27(38)17-14-25)15-18-31-33-26(22-43-28-10-5-3-6-11-28)21-29-34(30(33)23-44-31)36(42)37(35(29)41)19-8-4-7-12-32(39)40/h3,5-6,10-11,13-14,16-17,20,29-31,34,38H,2,4,7-9,12,15,18-19,21-23H2,1H3,(H,39,40)/b24-20+/t29-,30+,31-,34-/m1/s1. The molecule has 2 N–H and O–H groups in total. The second kappa shape index (κ2) is 14.7. The van der Waals surface area contributed by atoms with Crippen molar-refractivity contribution < 1.29 is 34.1 Å². The van der Waals surface area contributed by atoms with Crippen LogP contribution >= 0.6 is 0 Å². The number of allylic oxidation sites excluding steroid dienone is 1. The minimum Gasteiger partial charge on any atom is -0.508 e. The van der Waals surface area contributed by atoms with Crippen molar-refractivity contribution in [1.82, 2.24) is 4.90 Å². The molecule has 0 bridgehead atoms. The molecule has 2 saturated heterocycles. The van der Waals surface area contributed by atoms with Crippen molar-refractivity contribution in [2.24, 2.45) is 17.8 Å². The van der Waals surface area contributed by atoms with Gasteiger partial charge in [0.1, 0.15) is 18.1 Å². The van der Waals surface area contributed by atoms with Crippen LogP contribution < -0.4 is 4.74 Å². The highest BCUT2D eigenvalue weighted by molar-refractivity contribution is 6.06. The average molecular weight is 602 g/mol. The van der Waals surface area contributed by atoms with Crippen LogP contribution in [0.15, 0.2) is 71.3 Å². The molecule has 234 valence electrons. The number of phenolic OH excluding ortho intramolecular Hbond substituents is 1. The molecule has 44 heavy (non-hydrogen) atoms. The molecule has 2 amide bonds. The molecule has 4 atom stereocenters. The first-order valence-electron chi connectivity index (χ1n) is 15.9. The second-order valence-corrected chi connectivity index (χ2v) is 12.1. The molecule has 0 aromatic heterocycles. The Morgan fingerprint density at radius 2 is 1.75 bits per heavy atom. The lowest BCUT2D eigenvalue weighted by molar-refractivity contribution is -0.141. The van der Waals surface area contributed by atoms with E-state index in [0.29, 0.717) is 45.4 Å². The zero-order chi connectivity index (χ0) is 31.1. The van der Waals surface area contributed by atoms with Crippen LogP contribution in [0.1, 0.15) is 70.3 Å². The summed E-state index contributed by atoms with van der Waals surface area (Å²) in [6.45, 7) is 3.25. The molecule has 2 aromatic rings. The number of hydrogen-bond acceptors (Lipinski definition) is 6. The van der Waals surface area contributed by atoms with Crippen molar-refractivity contribution in [3.63, 3.8) is 0 Å². The summed E-state index contributed by atoms with van der Waals surface area (Å²) in [7, 11) is 0. The van der Waals surface area contributed by atoms with Gasteiger partial charge < -0.3 is 19.7 Å². The number of unbranched alkanes of at least 4 members (excludes halogenated alkanes) is 2. The molecule has 8 heteroatoms. The van der Waals surface area contributed by atoms with E-state index in [4.69, 9.17) is 14.6 Å². The molecule has 8 nitrogen and oxygen atoms in total. The summed E-state index contributed by atoms with van der Waals surface area (Å²) in [6.07, 6.45) is 7.99. The molecule has 2 heterocycles. The number of phenols is 1. The zero-order valence-electron chi connectivity index (χ0n) is 25.5. The molecule has 2 aromatic carbocycles. The number of benzene rings is 2.